The molecule has 0 amide bonds. The monoisotopic (exact) mass is 447 g/mol. The third-order valence-corrected chi connectivity index (χ3v) is 7.49. The van der Waals surface area contributed by atoms with Gasteiger partial charge in [0.15, 0.2) is 0 Å². The number of sulfonamides is 1. The molecule has 29 heavy (non-hydrogen) atoms. The zero-order valence-corrected chi connectivity index (χ0v) is 17.9. The van der Waals surface area contributed by atoms with Crippen LogP contribution in [-0.2, 0) is 10.0 Å². The molecule has 0 aliphatic carbocycles. The van der Waals surface area contributed by atoms with Crippen LogP contribution >= 0.6 is 23.2 Å². The molecule has 1 aliphatic heterocycles. The van der Waals surface area contributed by atoms with Gasteiger partial charge in [0, 0.05) is 41.9 Å². The summed E-state index contributed by atoms with van der Waals surface area (Å²) in [5.41, 5.74) is 1.90. The third-order valence-electron chi connectivity index (χ3n) is 5.12. The van der Waals surface area contributed by atoms with Gasteiger partial charge in [-0.2, -0.15) is 0 Å². The highest BCUT2D eigenvalue weighted by Crippen LogP contribution is 2.45. The van der Waals surface area contributed by atoms with E-state index < -0.39 is 16.1 Å². The summed E-state index contributed by atoms with van der Waals surface area (Å²) in [5.74, 6) is -0.0637. The average molecular weight is 448 g/mol. The van der Waals surface area contributed by atoms with E-state index in [1.165, 1.54) is 16.5 Å². The Morgan fingerprint density at radius 3 is 2.00 bits per heavy atom. The predicted molar refractivity (Wildman–Crippen MR) is 114 cm³/mol. The van der Waals surface area contributed by atoms with Gasteiger partial charge < -0.3 is 0 Å². The molecule has 0 N–H and O–H groups in total. The third kappa shape index (κ3) is 3.91. The lowest BCUT2D eigenvalue weighted by Gasteiger charge is -2.30. The maximum absolute atomic E-state index is 13.6. The highest BCUT2D eigenvalue weighted by molar-refractivity contribution is 7.89. The van der Waals surface area contributed by atoms with E-state index in [1.54, 1.807) is 48.7 Å². The molecule has 1 aliphatic rings. The quantitative estimate of drug-likeness (QED) is 0.578. The van der Waals surface area contributed by atoms with Gasteiger partial charge in [0.05, 0.1) is 10.9 Å². The molecule has 0 spiro atoms. The highest BCUT2D eigenvalue weighted by atomic mass is 35.5. The van der Waals surface area contributed by atoms with Crippen LogP contribution < -0.4 is 0 Å². The Hall–Kier alpha value is -1.96. The maximum atomic E-state index is 13.6. The van der Waals surface area contributed by atoms with E-state index >= 15 is 0 Å². The molecule has 150 valence electrons. The SMILES string of the molecule is CN1CC(c2ccncc2)C(c2ccc(Cl)cc2)N1S(=O)(=O)c1ccc(Cl)cc1. The second kappa shape index (κ2) is 8.05. The van der Waals surface area contributed by atoms with Gasteiger partial charge in [-0.1, -0.05) is 35.3 Å². The summed E-state index contributed by atoms with van der Waals surface area (Å²) in [5, 5.41) is 2.85. The molecule has 2 aromatic carbocycles. The Labute approximate surface area is 180 Å². The van der Waals surface area contributed by atoms with Crippen LogP contribution in [0.15, 0.2) is 78.0 Å². The number of hydrogen-bond donors (Lipinski definition) is 0. The fourth-order valence-corrected chi connectivity index (χ4v) is 5.75. The van der Waals surface area contributed by atoms with Gasteiger partial charge in [0.25, 0.3) is 10.0 Å². The fraction of sp³-hybridized carbons (Fsp3) is 0.190. The number of pyridine rings is 1. The lowest BCUT2D eigenvalue weighted by atomic mass is 9.89. The summed E-state index contributed by atoms with van der Waals surface area (Å²) in [6.45, 7) is 0.546. The van der Waals surface area contributed by atoms with Crippen LogP contribution in [0, 0.1) is 0 Å². The van der Waals surface area contributed by atoms with Crippen molar-refractivity contribution in [2.45, 2.75) is 16.9 Å². The van der Waals surface area contributed by atoms with E-state index in [4.69, 9.17) is 23.2 Å². The summed E-state index contributed by atoms with van der Waals surface area (Å²) in [6.07, 6.45) is 3.45. The molecule has 8 heteroatoms. The molecule has 0 saturated carbocycles. The van der Waals surface area contributed by atoms with Crippen LogP contribution in [0.2, 0.25) is 10.0 Å². The molecule has 1 aromatic heterocycles. The van der Waals surface area contributed by atoms with Crippen molar-refractivity contribution in [2.75, 3.05) is 13.6 Å². The standard InChI is InChI=1S/C21H19Cl2N3O2S/c1-25-14-20(15-10-12-24-13-11-15)21(16-2-4-17(22)5-3-16)26(25)29(27,28)19-8-6-18(23)7-9-19/h2-13,20-21H,14H2,1H3. The largest absolute Gasteiger partial charge is 0.265 e. The highest BCUT2D eigenvalue weighted by Gasteiger charge is 2.46. The van der Waals surface area contributed by atoms with Crippen molar-refractivity contribution < 1.29 is 8.42 Å². The number of nitrogens with zero attached hydrogens (tertiary/aromatic N) is 3. The summed E-state index contributed by atoms with van der Waals surface area (Å²) in [6, 6.07) is 17.0. The Bertz CT molecular complexity index is 1090. The number of halogens is 2. The molecule has 1 saturated heterocycles. The molecule has 5 nitrogen and oxygen atoms in total. The maximum Gasteiger partial charge on any atom is 0.256 e. The lowest BCUT2D eigenvalue weighted by molar-refractivity contribution is 0.125. The van der Waals surface area contributed by atoms with Gasteiger partial charge in [-0.15, -0.1) is 4.41 Å². The molecular weight excluding hydrogens is 429 g/mol. The Balaban J connectivity index is 1.84. The van der Waals surface area contributed by atoms with E-state index in [0.29, 0.717) is 16.6 Å². The smallest absolute Gasteiger partial charge is 0.256 e. The molecule has 2 unspecified atom stereocenters. The number of hydrogen-bond acceptors (Lipinski definition) is 4. The molecular formula is C21H19Cl2N3O2S. The zero-order valence-electron chi connectivity index (χ0n) is 15.6. The molecule has 0 bridgehead atoms. The van der Waals surface area contributed by atoms with Crippen LogP contribution in [-0.4, -0.2) is 36.4 Å². The first-order valence-electron chi connectivity index (χ1n) is 9.04. The Kier molecular flexibility index (Phi) is 5.64. The number of likely N-dealkylation sites (N-methyl/N-ethyl adjacent to an activating group) is 1. The first kappa shape index (κ1) is 20.3. The molecule has 0 radical (unpaired) electrons. The zero-order chi connectivity index (χ0) is 20.6. The first-order valence-corrected chi connectivity index (χ1v) is 11.2. The van der Waals surface area contributed by atoms with Crippen LogP contribution in [0.1, 0.15) is 23.1 Å². The van der Waals surface area contributed by atoms with Gasteiger partial charge in [-0.05, 0) is 59.7 Å². The molecule has 3 aromatic rings. The summed E-state index contributed by atoms with van der Waals surface area (Å²) < 4.78 is 28.6. The predicted octanol–water partition coefficient (Wildman–Crippen LogP) is 4.76. The second-order valence-electron chi connectivity index (χ2n) is 6.96. The van der Waals surface area contributed by atoms with Crippen molar-refractivity contribution in [3.05, 3.63) is 94.2 Å². The summed E-state index contributed by atoms with van der Waals surface area (Å²) >= 11 is 12.0. The molecule has 1 fully saturated rings. The Morgan fingerprint density at radius 1 is 0.862 bits per heavy atom. The van der Waals surface area contributed by atoms with E-state index in [1.807, 2.05) is 24.3 Å². The minimum atomic E-state index is -3.80. The normalized spacial score (nSPS) is 20.8. The van der Waals surface area contributed by atoms with E-state index in [-0.39, 0.29) is 10.8 Å². The molecule has 4 rings (SSSR count). The van der Waals surface area contributed by atoms with Crippen LogP contribution in [0.4, 0.5) is 0 Å². The van der Waals surface area contributed by atoms with Crippen molar-refractivity contribution in [3.8, 4) is 0 Å². The molecule has 2 heterocycles. The summed E-state index contributed by atoms with van der Waals surface area (Å²) in [7, 11) is -2.01. The van der Waals surface area contributed by atoms with Crippen LogP contribution in [0.3, 0.4) is 0 Å². The second-order valence-corrected chi connectivity index (χ2v) is 9.62. The van der Waals surface area contributed by atoms with Gasteiger partial charge >= 0.3 is 0 Å². The van der Waals surface area contributed by atoms with Gasteiger partial charge in [-0.25, -0.2) is 13.4 Å². The number of benzene rings is 2. The minimum absolute atomic E-state index is 0.0637. The van der Waals surface area contributed by atoms with Crippen molar-refractivity contribution in [1.82, 2.24) is 14.4 Å². The van der Waals surface area contributed by atoms with Crippen molar-refractivity contribution in [3.63, 3.8) is 0 Å². The fourth-order valence-electron chi connectivity index (χ4n) is 3.80. The van der Waals surface area contributed by atoms with Crippen molar-refractivity contribution in [1.29, 1.82) is 0 Å². The summed E-state index contributed by atoms with van der Waals surface area (Å²) in [4.78, 5) is 4.29. The number of aromatic nitrogens is 1. The van der Waals surface area contributed by atoms with Gasteiger partial charge in [0.2, 0.25) is 0 Å². The molecule has 2 atom stereocenters. The van der Waals surface area contributed by atoms with E-state index in [9.17, 15) is 8.42 Å². The van der Waals surface area contributed by atoms with E-state index in [2.05, 4.69) is 4.98 Å². The van der Waals surface area contributed by atoms with Crippen molar-refractivity contribution >= 4 is 33.2 Å². The number of hydrazine groups is 1. The lowest BCUT2D eigenvalue weighted by Crippen LogP contribution is -2.40. The van der Waals surface area contributed by atoms with Crippen molar-refractivity contribution in [2.24, 2.45) is 0 Å². The van der Waals surface area contributed by atoms with E-state index in [0.717, 1.165) is 11.1 Å². The van der Waals surface area contributed by atoms with Crippen LogP contribution in [0.25, 0.3) is 0 Å². The minimum Gasteiger partial charge on any atom is -0.265 e. The first-order chi connectivity index (χ1) is 13.9. The number of rotatable bonds is 4. The topological polar surface area (TPSA) is 53.5 Å². The van der Waals surface area contributed by atoms with Crippen LogP contribution in [0.5, 0.6) is 0 Å². The van der Waals surface area contributed by atoms with Gasteiger partial charge in [-0.3, -0.25) is 4.98 Å². The van der Waals surface area contributed by atoms with Gasteiger partial charge in [0.1, 0.15) is 0 Å². The Morgan fingerprint density at radius 2 is 1.41 bits per heavy atom. The average Bonchev–Trinajstić information content (AvgIpc) is 3.07.